The van der Waals surface area contributed by atoms with E-state index in [4.69, 9.17) is 10.00 Å². The second-order valence-corrected chi connectivity index (χ2v) is 3.81. The first-order valence-corrected chi connectivity index (χ1v) is 5.39. The molecule has 0 amide bonds. The maximum absolute atomic E-state index is 8.77. The lowest BCUT2D eigenvalue weighted by Crippen LogP contribution is -2.19. The lowest BCUT2D eigenvalue weighted by molar-refractivity contribution is 0.120. The molecule has 16 heavy (non-hydrogen) atoms. The van der Waals surface area contributed by atoms with Crippen LogP contribution in [0.15, 0.2) is 6.07 Å². The van der Waals surface area contributed by atoms with Gasteiger partial charge in [0.1, 0.15) is 23.4 Å². The molecule has 0 spiro atoms. The third kappa shape index (κ3) is 2.67. The number of hydrogen-bond acceptors (Lipinski definition) is 5. The average molecular weight is 218 g/mol. The molecule has 0 bridgehead atoms. The Morgan fingerprint density at radius 2 is 2.50 bits per heavy atom. The molecule has 1 atom stereocenters. The monoisotopic (exact) mass is 218 g/mol. The first kappa shape index (κ1) is 10.8. The minimum atomic E-state index is 0.265. The minimum absolute atomic E-state index is 0.265. The van der Waals surface area contributed by atoms with Crippen molar-refractivity contribution in [3.63, 3.8) is 0 Å². The highest BCUT2D eigenvalue weighted by atomic mass is 16.5. The van der Waals surface area contributed by atoms with Crippen molar-refractivity contribution in [1.82, 2.24) is 9.97 Å². The highest BCUT2D eigenvalue weighted by Gasteiger charge is 2.15. The van der Waals surface area contributed by atoms with Gasteiger partial charge in [-0.3, -0.25) is 0 Å². The largest absolute Gasteiger partial charge is 0.376 e. The summed E-state index contributed by atoms with van der Waals surface area (Å²) in [6, 6.07) is 3.67. The molecule has 1 aliphatic heterocycles. The second-order valence-electron chi connectivity index (χ2n) is 3.81. The number of ether oxygens (including phenoxy) is 1. The van der Waals surface area contributed by atoms with Crippen molar-refractivity contribution in [2.75, 3.05) is 18.5 Å². The van der Waals surface area contributed by atoms with E-state index in [0.29, 0.717) is 17.3 Å². The van der Waals surface area contributed by atoms with Gasteiger partial charge in [0, 0.05) is 19.2 Å². The Kier molecular flexibility index (Phi) is 3.32. The highest BCUT2D eigenvalue weighted by Crippen LogP contribution is 2.13. The normalized spacial score (nSPS) is 19.4. The first-order chi connectivity index (χ1) is 7.78. The van der Waals surface area contributed by atoms with Crippen molar-refractivity contribution in [3.05, 3.63) is 17.6 Å². The number of anilines is 1. The van der Waals surface area contributed by atoms with Gasteiger partial charge in [0.25, 0.3) is 0 Å². The van der Waals surface area contributed by atoms with E-state index in [0.717, 1.165) is 26.0 Å². The van der Waals surface area contributed by atoms with Crippen molar-refractivity contribution in [1.29, 1.82) is 5.26 Å². The van der Waals surface area contributed by atoms with E-state index in [1.807, 2.05) is 6.07 Å². The van der Waals surface area contributed by atoms with E-state index in [1.54, 1.807) is 13.0 Å². The lowest BCUT2D eigenvalue weighted by atomic mass is 10.2. The summed E-state index contributed by atoms with van der Waals surface area (Å²) in [6.45, 7) is 3.36. The van der Waals surface area contributed by atoms with Crippen LogP contribution in [0, 0.1) is 18.3 Å². The summed E-state index contributed by atoms with van der Waals surface area (Å²) in [4.78, 5) is 8.20. The molecule has 1 aromatic rings. The van der Waals surface area contributed by atoms with Gasteiger partial charge in [0.15, 0.2) is 0 Å². The van der Waals surface area contributed by atoms with Gasteiger partial charge < -0.3 is 10.1 Å². The summed E-state index contributed by atoms with van der Waals surface area (Å²) in [6.07, 6.45) is 2.47. The Morgan fingerprint density at radius 3 is 3.19 bits per heavy atom. The van der Waals surface area contributed by atoms with E-state index in [2.05, 4.69) is 15.3 Å². The van der Waals surface area contributed by atoms with Gasteiger partial charge in [-0.2, -0.15) is 5.26 Å². The zero-order valence-corrected chi connectivity index (χ0v) is 9.23. The number of nitrogens with zero attached hydrogens (tertiary/aromatic N) is 3. The zero-order valence-electron chi connectivity index (χ0n) is 9.23. The summed E-state index contributed by atoms with van der Waals surface area (Å²) in [7, 11) is 0. The molecule has 2 heterocycles. The summed E-state index contributed by atoms with van der Waals surface area (Å²) < 4.78 is 5.49. The number of aromatic nitrogens is 2. The van der Waals surface area contributed by atoms with Crippen LogP contribution in [0.4, 0.5) is 5.82 Å². The molecule has 1 saturated heterocycles. The van der Waals surface area contributed by atoms with Gasteiger partial charge >= 0.3 is 0 Å². The van der Waals surface area contributed by atoms with Crippen molar-refractivity contribution in [2.24, 2.45) is 0 Å². The number of hydrogen-bond donors (Lipinski definition) is 1. The Hall–Kier alpha value is -1.67. The van der Waals surface area contributed by atoms with Crippen LogP contribution in [-0.4, -0.2) is 29.2 Å². The maximum atomic E-state index is 8.77. The topological polar surface area (TPSA) is 70.8 Å². The van der Waals surface area contributed by atoms with Gasteiger partial charge in [-0.15, -0.1) is 0 Å². The van der Waals surface area contributed by atoms with E-state index in [1.165, 1.54) is 0 Å². The van der Waals surface area contributed by atoms with Crippen LogP contribution in [0.1, 0.15) is 24.4 Å². The van der Waals surface area contributed by atoms with Crippen molar-refractivity contribution in [3.8, 4) is 6.07 Å². The summed E-state index contributed by atoms with van der Waals surface area (Å²) in [5.74, 6) is 1.30. The summed E-state index contributed by atoms with van der Waals surface area (Å²) >= 11 is 0. The van der Waals surface area contributed by atoms with Crippen molar-refractivity contribution in [2.45, 2.75) is 25.9 Å². The zero-order chi connectivity index (χ0) is 11.4. The Bertz CT molecular complexity index is 407. The lowest BCUT2D eigenvalue weighted by Gasteiger charge is -2.11. The van der Waals surface area contributed by atoms with Crippen LogP contribution in [0.5, 0.6) is 0 Å². The van der Waals surface area contributed by atoms with Gasteiger partial charge in [-0.25, -0.2) is 9.97 Å². The average Bonchev–Trinajstić information content (AvgIpc) is 2.78. The summed E-state index contributed by atoms with van der Waals surface area (Å²) in [5.41, 5.74) is 0.391. The van der Waals surface area contributed by atoms with Crippen LogP contribution in [0.2, 0.25) is 0 Å². The molecular weight excluding hydrogens is 204 g/mol. The van der Waals surface area contributed by atoms with Crippen molar-refractivity contribution >= 4 is 5.82 Å². The molecule has 1 aliphatic rings. The van der Waals surface area contributed by atoms with E-state index in [9.17, 15) is 0 Å². The fourth-order valence-corrected chi connectivity index (χ4v) is 1.74. The quantitative estimate of drug-likeness (QED) is 0.826. The number of rotatable bonds is 3. The molecule has 84 valence electrons. The van der Waals surface area contributed by atoms with E-state index in [-0.39, 0.29) is 6.10 Å². The molecule has 1 unspecified atom stereocenters. The Morgan fingerprint density at radius 1 is 1.62 bits per heavy atom. The Labute approximate surface area is 94.5 Å². The minimum Gasteiger partial charge on any atom is -0.376 e. The standard InChI is InChI=1S/C11H14N4O/c1-8-14-9(6-12)5-11(15-8)13-7-10-3-2-4-16-10/h5,10H,2-4,7H2,1H3,(H,13,14,15). The molecule has 0 aliphatic carbocycles. The predicted octanol–water partition coefficient (Wildman–Crippen LogP) is 1.25. The van der Waals surface area contributed by atoms with Crippen LogP contribution < -0.4 is 5.32 Å². The molecule has 1 fully saturated rings. The van der Waals surface area contributed by atoms with Crippen LogP contribution >= 0.6 is 0 Å². The SMILES string of the molecule is Cc1nc(C#N)cc(NCC2CCCO2)n1. The smallest absolute Gasteiger partial charge is 0.146 e. The maximum Gasteiger partial charge on any atom is 0.146 e. The molecule has 2 rings (SSSR count). The number of nitrogens with one attached hydrogen (secondary N) is 1. The number of nitriles is 1. The molecule has 0 saturated carbocycles. The predicted molar refractivity (Wildman–Crippen MR) is 58.9 cm³/mol. The van der Waals surface area contributed by atoms with Crippen LogP contribution in [0.3, 0.4) is 0 Å². The third-order valence-corrected chi connectivity index (χ3v) is 2.49. The highest BCUT2D eigenvalue weighted by molar-refractivity contribution is 5.39. The van der Waals surface area contributed by atoms with Crippen LogP contribution in [-0.2, 0) is 4.74 Å². The van der Waals surface area contributed by atoms with Crippen LogP contribution in [0.25, 0.3) is 0 Å². The van der Waals surface area contributed by atoms with Gasteiger partial charge in [0.2, 0.25) is 0 Å². The fraction of sp³-hybridized carbons (Fsp3) is 0.545. The number of aryl methyl sites for hydroxylation is 1. The third-order valence-electron chi connectivity index (χ3n) is 2.49. The Balaban J connectivity index is 1.98. The molecule has 5 heteroatoms. The molecule has 1 aromatic heterocycles. The second kappa shape index (κ2) is 4.90. The molecular formula is C11H14N4O. The first-order valence-electron chi connectivity index (χ1n) is 5.39. The van der Waals surface area contributed by atoms with Crippen molar-refractivity contribution < 1.29 is 4.74 Å². The van der Waals surface area contributed by atoms with Gasteiger partial charge in [-0.05, 0) is 19.8 Å². The molecule has 5 nitrogen and oxygen atoms in total. The fourth-order valence-electron chi connectivity index (χ4n) is 1.74. The van der Waals surface area contributed by atoms with Gasteiger partial charge in [-0.1, -0.05) is 0 Å². The van der Waals surface area contributed by atoms with E-state index >= 15 is 0 Å². The van der Waals surface area contributed by atoms with Gasteiger partial charge in [0.05, 0.1) is 6.10 Å². The molecule has 0 radical (unpaired) electrons. The summed E-state index contributed by atoms with van der Waals surface area (Å²) in [5, 5.41) is 11.9. The molecule has 1 N–H and O–H groups in total. The molecule has 0 aromatic carbocycles. The van der Waals surface area contributed by atoms with E-state index < -0.39 is 0 Å².